The van der Waals surface area contributed by atoms with Gasteiger partial charge in [-0.25, -0.2) is 0 Å². The Morgan fingerprint density at radius 3 is 2.95 bits per heavy atom. The standard InChI is InChI=1S/C12H22N4O3/c1-3-4-5-10(2)13-7-12(17)9-15-8-11(6-14-15)16(18)19/h6,8,10,12-13,17H,3-5,7,9H2,1-2H3. The lowest BCUT2D eigenvalue weighted by molar-refractivity contribution is -0.385. The fraction of sp³-hybridized carbons (Fsp3) is 0.750. The number of aliphatic hydroxyl groups excluding tert-OH is 1. The maximum absolute atomic E-state index is 10.5. The maximum atomic E-state index is 10.5. The molecule has 7 nitrogen and oxygen atoms in total. The van der Waals surface area contributed by atoms with Gasteiger partial charge < -0.3 is 10.4 Å². The second-order valence-electron chi connectivity index (χ2n) is 4.78. The van der Waals surface area contributed by atoms with Crippen molar-refractivity contribution >= 4 is 5.69 Å². The van der Waals surface area contributed by atoms with Crippen LogP contribution in [0.3, 0.4) is 0 Å². The molecule has 2 unspecified atom stereocenters. The second-order valence-corrected chi connectivity index (χ2v) is 4.78. The van der Waals surface area contributed by atoms with Crippen molar-refractivity contribution in [3.8, 4) is 0 Å². The molecule has 0 saturated carbocycles. The number of nitrogens with one attached hydrogen (secondary N) is 1. The third kappa shape index (κ3) is 5.80. The number of unbranched alkanes of at least 4 members (excludes halogenated alkanes) is 1. The Bertz CT molecular complexity index is 394. The van der Waals surface area contributed by atoms with E-state index in [2.05, 4.69) is 24.3 Å². The summed E-state index contributed by atoms with van der Waals surface area (Å²) in [6.45, 7) is 4.94. The maximum Gasteiger partial charge on any atom is 0.306 e. The average Bonchev–Trinajstić information content (AvgIpc) is 2.82. The minimum atomic E-state index is -0.608. The molecule has 1 rings (SSSR count). The van der Waals surface area contributed by atoms with Gasteiger partial charge in [0.05, 0.1) is 17.6 Å². The molecule has 0 amide bonds. The van der Waals surface area contributed by atoms with Crippen LogP contribution < -0.4 is 5.32 Å². The van der Waals surface area contributed by atoms with Gasteiger partial charge in [-0.2, -0.15) is 5.10 Å². The Balaban J connectivity index is 2.30. The first kappa shape index (κ1) is 15.6. The van der Waals surface area contributed by atoms with E-state index >= 15 is 0 Å². The van der Waals surface area contributed by atoms with Crippen molar-refractivity contribution in [2.75, 3.05) is 6.54 Å². The highest BCUT2D eigenvalue weighted by Crippen LogP contribution is 2.08. The number of hydrogen-bond donors (Lipinski definition) is 2. The molecule has 108 valence electrons. The van der Waals surface area contributed by atoms with Crippen molar-refractivity contribution in [2.24, 2.45) is 0 Å². The lowest BCUT2D eigenvalue weighted by atomic mass is 10.1. The Morgan fingerprint density at radius 1 is 1.63 bits per heavy atom. The summed E-state index contributed by atoms with van der Waals surface area (Å²) < 4.78 is 1.39. The molecule has 0 fully saturated rings. The Hall–Kier alpha value is -1.47. The molecule has 2 N–H and O–H groups in total. The zero-order valence-corrected chi connectivity index (χ0v) is 11.5. The molecule has 0 bridgehead atoms. The number of hydrogen-bond acceptors (Lipinski definition) is 5. The molecule has 1 aromatic rings. The molecule has 2 atom stereocenters. The van der Waals surface area contributed by atoms with Crippen molar-refractivity contribution in [3.05, 3.63) is 22.5 Å². The highest BCUT2D eigenvalue weighted by Gasteiger charge is 2.12. The monoisotopic (exact) mass is 270 g/mol. The molecule has 0 aliphatic carbocycles. The van der Waals surface area contributed by atoms with Crippen LogP contribution >= 0.6 is 0 Å². The van der Waals surface area contributed by atoms with E-state index < -0.39 is 11.0 Å². The van der Waals surface area contributed by atoms with Gasteiger partial charge in [-0.3, -0.25) is 14.8 Å². The molecule has 7 heteroatoms. The van der Waals surface area contributed by atoms with Gasteiger partial charge in [0.2, 0.25) is 0 Å². The first-order valence-corrected chi connectivity index (χ1v) is 6.61. The number of nitrogens with zero attached hydrogens (tertiary/aromatic N) is 3. The predicted octanol–water partition coefficient (Wildman–Crippen LogP) is 1.32. The van der Waals surface area contributed by atoms with Crippen LogP contribution in [0.25, 0.3) is 0 Å². The summed E-state index contributed by atoms with van der Waals surface area (Å²) in [5.41, 5.74) is -0.0588. The van der Waals surface area contributed by atoms with Crippen LogP contribution in [0.15, 0.2) is 12.4 Å². The fourth-order valence-corrected chi connectivity index (χ4v) is 1.78. The highest BCUT2D eigenvalue weighted by atomic mass is 16.6. The van der Waals surface area contributed by atoms with Crippen LogP contribution in [0.5, 0.6) is 0 Å². The molecule has 19 heavy (non-hydrogen) atoms. The molecular formula is C12H22N4O3. The van der Waals surface area contributed by atoms with E-state index in [1.54, 1.807) is 0 Å². The van der Waals surface area contributed by atoms with E-state index in [-0.39, 0.29) is 12.2 Å². The van der Waals surface area contributed by atoms with Gasteiger partial charge in [-0.05, 0) is 13.3 Å². The van der Waals surface area contributed by atoms with Crippen LogP contribution in [-0.4, -0.2) is 38.5 Å². The Kier molecular flexibility index (Phi) is 6.44. The number of rotatable bonds is 9. The average molecular weight is 270 g/mol. The van der Waals surface area contributed by atoms with Crippen LogP contribution in [-0.2, 0) is 6.54 Å². The first-order chi connectivity index (χ1) is 9.02. The Morgan fingerprint density at radius 2 is 2.37 bits per heavy atom. The van der Waals surface area contributed by atoms with Gasteiger partial charge in [0.1, 0.15) is 12.4 Å². The minimum Gasteiger partial charge on any atom is -0.390 e. The molecular weight excluding hydrogens is 248 g/mol. The van der Waals surface area contributed by atoms with Crippen molar-refractivity contribution < 1.29 is 10.0 Å². The predicted molar refractivity (Wildman–Crippen MR) is 71.9 cm³/mol. The molecule has 0 saturated heterocycles. The minimum absolute atomic E-state index is 0.0588. The lowest BCUT2D eigenvalue weighted by Crippen LogP contribution is -2.35. The zero-order chi connectivity index (χ0) is 14.3. The molecule has 0 aliphatic rings. The third-order valence-electron chi connectivity index (χ3n) is 2.92. The summed E-state index contributed by atoms with van der Waals surface area (Å²) in [5.74, 6) is 0. The van der Waals surface area contributed by atoms with Crippen LogP contribution in [0.1, 0.15) is 33.1 Å². The summed E-state index contributed by atoms with van der Waals surface area (Å²) in [6, 6.07) is 0.363. The quantitative estimate of drug-likeness (QED) is 0.521. The van der Waals surface area contributed by atoms with Crippen LogP contribution in [0, 0.1) is 10.1 Å². The number of nitro groups is 1. The first-order valence-electron chi connectivity index (χ1n) is 6.61. The van der Waals surface area contributed by atoms with E-state index in [0.717, 1.165) is 19.3 Å². The smallest absolute Gasteiger partial charge is 0.306 e. The van der Waals surface area contributed by atoms with Crippen LogP contribution in [0.4, 0.5) is 5.69 Å². The van der Waals surface area contributed by atoms with Crippen molar-refractivity contribution in [1.82, 2.24) is 15.1 Å². The summed E-state index contributed by atoms with van der Waals surface area (Å²) in [7, 11) is 0. The number of aromatic nitrogens is 2. The topological polar surface area (TPSA) is 93.2 Å². The van der Waals surface area contributed by atoms with Gasteiger partial charge in [-0.15, -0.1) is 0 Å². The van der Waals surface area contributed by atoms with Crippen molar-refractivity contribution in [2.45, 2.75) is 51.8 Å². The molecule has 1 heterocycles. The third-order valence-corrected chi connectivity index (χ3v) is 2.92. The SMILES string of the molecule is CCCCC(C)NCC(O)Cn1cc([N+](=O)[O-])cn1. The van der Waals surface area contributed by atoms with Gasteiger partial charge in [0.25, 0.3) is 0 Å². The summed E-state index contributed by atoms with van der Waals surface area (Å²) in [4.78, 5) is 9.99. The molecule has 0 aliphatic heterocycles. The van der Waals surface area contributed by atoms with Gasteiger partial charge >= 0.3 is 5.69 Å². The summed E-state index contributed by atoms with van der Waals surface area (Å²) in [5, 5.41) is 27.4. The van der Waals surface area contributed by atoms with Gasteiger partial charge in [0.15, 0.2) is 0 Å². The highest BCUT2D eigenvalue weighted by molar-refractivity contribution is 5.20. The van der Waals surface area contributed by atoms with E-state index in [1.807, 2.05) is 0 Å². The second kappa shape index (κ2) is 7.85. The summed E-state index contributed by atoms with van der Waals surface area (Å²) >= 11 is 0. The molecule has 0 radical (unpaired) electrons. The number of aliphatic hydroxyl groups is 1. The lowest BCUT2D eigenvalue weighted by Gasteiger charge is -2.16. The van der Waals surface area contributed by atoms with E-state index in [0.29, 0.717) is 12.6 Å². The van der Waals surface area contributed by atoms with Gasteiger partial charge in [0, 0.05) is 12.6 Å². The normalized spacial score (nSPS) is 14.3. The molecule has 1 aromatic heterocycles. The van der Waals surface area contributed by atoms with Gasteiger partial charge in [-0.1, -0.05) is 19.8 Å². The summed E-state index contributed by atoms with van der Waals surface area (Å²) in [6.07, 6.45) is 5.30. The van der Waals surface area contributed by atoms with E-state index in [1.165, 1.54) is 17.1 Å². The van der Waals surface area contributed by atoms with E-state index in [9.17, 15) is 15.2 Å². The fourth-order valence-electron chi connectivity index (χ4n) is 1.78. The van der Waals surface area contributed by atoms with Crippen molar-refractivity contribution in [1.29, 1.82) is 0 Å². The van der Waals surface area contributed by atoms with E-state index in [4.69, 9.17) is 0 Å². The Labute approximate surface area is 112 Å². The van der Waals surface area contributed by atoms with Crippen LogP contribution in [0.2, 0.25) is 0 Å². The molecule has 0 spiro atoms. The van der Waals surface area contributed by atoms with Crippen molar-refractivity contribution in [3.63, 3.8) is 0 Å². The largest absolute Gasteiger partial charge is 0.390 e. The molecule has 0 aromatic carbocycles. The zero-order valence-electron chi connectivity index (χ0n) is 11.5.